The van der Waals surface area contributed by atoms with Gasteiger partial charge in [0.15, 0.2) is 0 Å². The summed E-state index contributed by atoms with van der Waals surface area (Å²) in [5.74, 6) is 1.21. The quantitative estimate of drug-likeness (QED) is 0.662. The molecule has 1 aliphatic heterocycles. The third-order valence-corrected chi connectivity index (χ3v) is 5.30. The SMILES string of the molecule is COc1ccc(-c2cccc([C@@H]3CCCN(C(=O)c4ccccc4)C3)n2)cc1. The van der Waals surface area contributed by atoms with Crippen LogP contribution in [0, 0.1) is 0 Å². The van der Waals surface area contributed by atoms with Crippen LogP contribution in [-0.2, 0) is 0 Å². The maximum absolute atomic E-state index is 12.8. The molecule has 0 spiro atoms. The van der Waals surface area contributed by atoms with Gasteiger partial charge in [0.05, 0.1) is 12.8 Å². The number of pyridine rings is 1. The van der Waals surface area contributed by atoms with Crippen molar-refractivity contribution in [1.29, 1.82) is 0 Å². The van der Waals surface area contributed by atoms with Gasteiger partial charge >= 0.3 is 0 Å². The van der Waals surface area contributed by atoms with Crippen LogP contribution < -0.4 is 4.74 Å². The topological polar surface area (TPSA) is 42.4 Å². The summed E-state index contributed by atoms with van der Waals surface area (Å²) in [6.45, 7) is 1.52. The molecule has 1 aromatic heterocycles. The smallest absolute Gasteiger partial charge is 0.253 e. The number of piperidine rings is 1. The number of amides is 1. The lowest BCUT2D eigenvalue weighted by Gasteiger charge is -2.32. The summed E-state index contributed by atoms with van der Waals surface area (Å²) in [6.07, 6.45) is 2.05. The largest absolute Gasteiger partial charge is 0.497 e. The van der Waals surface area contributed by atoms with Gasteiger partial charge in [-0.05, 0) is 61.4 Å². The Kier molecular flexibility index (Phi) is 5.38. The lowest BCUT2D eigenvalue weighted by molar-refractivity contribution is 0.0706. The summed E-state index contributed by atoms with van der Waals surface area (Å²) < 4.78 is 5.24. The molecule has 0 saturated carbocycles. The van der Waals surface area contributed by atoms with Gasteiger partial charge in [0.2, 0.25) is 0 Å². The maximum atomic E-state index is 12.8. The number of carbonyl (C=O) groups excluding carboxylic acids is 1. The fourth-order valence-electron chi connectivity index (χ4n) is 3.77. The molecule has 142 valence electrons. The van der Waals surface area contributed by atoms with Gasteiger partial charge in [0, 0.05) is 35.8 Å². The molecule has 0 N–H and O–H groups in total. The Morgan fingerprint density at radius 3 is 2.54 bits per heavy atom. The predicted molar refractivity (Wildman–Crippen MR) is 111 cm³/mol. The normalized spacial score (nSPS) is 16.6. The number of nitrogens with zero attached hydrogens (tertiary/aromatic N) is 2. The van der Waals surface area contributed by atoms with Crippen molar-refractivity contribution >= 4 is 5.91 Å². The van der Waals surface area contributed by atoms with Crippen molar-refractivity contribution in [3.8, 4) is 17.0 Å². The number of hydrogen-bond donors (Lipinski definition) is 0. The molecule has 1 saturated heterocycles. The molecule has 4 rings (SSSR count). The summed E-state index contributed by atoms with van der Waals surface area (Å²) in [5, 5.41) is 0. The van der Waals surface area contributed by atoms with E-state index in [9.17, 15) is 4.79 Å². The van der Waals surface area contributed by atoms with Crippen LogP contribution in [-0.4, -0.2) is 36.0 Å². The van der Waals surface area contributed by atoms with Crippen LogP contribution in [0.25, 0.3) is 11.3 Å². The molecule has 0 aliphatic carbocycles. The van der Waals surface area contributed by atoms with Crippen molar-refractivity contribution in [2.24, 2.45) is 0 Å². The Morgan fingerprint density at radius 1 is 1.00 bits per heavy atom. The van der Waals surface area contributed by atoms with Crippen molar-refractivity contribution in [3.63, 3.8) is 0 Å². The molecular weight excluding hydrogens is 348 g/mol. The van der Waals surface area contributed by atoms with Crippen molar-refractivity contribution in [3.05, 3.63) is 84.1 Å². The number of benzene rings is 2. The molecule has 28 heavy (non-hydrogen) atoms. The molecule has 2 aromatic carbocycles. The van der Waals surface area contributed by atoms with Gasteiger partial charge in [-0.25, -0.2) is 0 Å². The van der Waals surface area contributed by atoms with Crippen LogP contribution in [0.4, 0.5) is 0 Å². The standard InChI is InChI=1S/C24H24N2O2/c1-28-21-14-12-18(13-15-21)22-10-5-11-23(25-22)20-9-6-16-26(17-20)24(27)19-7-3-2-4-8-19/h2-5,7-8,10-15,20H,6,9,16-17H2,1H3/t20-/m1/s1. The first kappa shape index (κ1) is 18.2. The van der Waals surface area contributed by atoms with E-state index in [2.05, 4.69) is 12.1 Å². The van der Waals surface area contributed by atoms with Crippen LogP contribution in [0.15, 0.2) is 72.8 Å². The number of carbonyl (C=O) groups is 1. The molecule has 4 nitrogen and oxygen atoms in total. The maximum Gasteiger partial charge on any atom is 0.253 e. The summed E-state index contributed by atoms with van der Waals surface area (Å²) >= 11 is 0. The summed E-state index contributed by atoms with van der Waals surface area (Å²) in [7, 11) is 1.67. The number of likely N-dealkylation sites (tertiary alicyclic amines) is 1. The second-order valence-electron chi connectivity index (χ2n) is 7.13. The third kappa shape index (κ3) is 3.91. The molecular formula is C24H24N2O2. The van der Waals surface area contributed by atoms with Crippen molar-refractivity contribution in [2.75, 3.05) is 20.2 Å². The molecule has 2 heterocycles. The molecule has 1 atom stereocenters. The van der Waals surface area contributed by atoms with Gasteiger partial charge < -0.3 is 9.64 Å². The lowest BCUT2D eigenvalue weighted by atomic mass is 9.93. The first-order chi connectivity index (χ1) is 13.7. The zero-order valence-corrected chi connectivity index (χ0v) is 16.0. The minimum Gasteiger partial charge on any atom is -0.497 e. The van der Waals surface area contributed by atoms with E-state index in [1.54, 1.807) is 7.11 Å². The zero-order chi connectivity index (χ0) is 19.3. The molecule has 1 amide bonds. The van der Waals surface area contributed by atoms with E-state index >= 15 is 0 Å². The molecule has 1 aliphatic rings. The second-order valence-corrected chi connectivity index (χ2v) is 7.13. The highest BCUT2D eigenvalue weighted by atomic mass is 16.5. The van der Waals surface area contributed by atoms with Gasteiger partial charge in [0.1, 0.15) is 5.75 Å². The van der Waals surface area contributed by atoms with E-state index in [1.807, 2.05) is 65.6 Å². The van der Waals surface area contributed by atoms with Crippen LogP contribution in [0.5, 0.6) is 5.75 Å². The van der Waals surface area contributed by atoms with Crippen LogP contribution in [0.1, 0.15) is 34.8 Å². The fourth-order valence-corrected chi connectivity index (χ4v) is 3.77. The van der Waals surface area contributed by atoms with Crippen LogP contribution in [0.3, 0.4) is 0 Å². The van der Waals surface area contributed by atoms with E-state index in [1.165, 1.54) is 0 Å². The Morgan fingerprint density at radius 2 is 1.79 bits per heavy atom. The number of hydrogen-bond acceptors (Lipinski definition) is 3. The summed E-state index contributed by atoms with van der Waals surface area (Å²) in [4.78, 5) is 19.7. The summed E-state index contributed by atoms with van der Waals surface area (Å²) in [6, 6.07) is 23.6. The van der Waals surface area contributed by atoms with E-state index < -0.39 is 0 Å². The van der Waals surface area contributed by atoms with E-state index in [0.29, 0.717) is 6.54 Å². The minimum absolute atomic E-state index is 0.108. The number of methoxy groups -OCH3 is 1. The van der Waals surface area contributed by atoms with E-state index in [-0.39, 0.29) is 11.8 Å². The van der Waals surface area contributed by atoms with Gasteiger partial charge in [-0.2, -0.15) is 0 Å². The van der Waals surface area contributed by atoms with Crippen molar-refractivity contribution < 1.29 is 9.53 Å². The minimum atomic E-state index is 0.108. The van der Waals surface area contributed by atoms with Crippen molar-refractivity contribution in [1.82, 2.24) is 9.88 Å². The van der Waals surface area contributed by atoms with Gasteiger partial charge in [0.25, 0.3) is 5.91 Å². The average Bonchev–Trinajstić information content (AvgIpc) is 2.79. The molecule has 3 aromatic rings. The Bertz CT molecular complexity index is 938. The second kappa shape index (κ2) is 8.26. The van der Waals surface area contributed by atoms with E-state index in [4.69, 9.17) is 9.72 Å². The Labute approximate surface area is 165 Å². The zero-order valence-electron chi connectivity index (χ0n) is 16.0. The van der Waals surface area contributed by atoms with Crippen LogP contribution in [0.2, 0.25) is 0 Å². The lowest BCUT2D eigenvalue weighted by Crippen LogP contribution is -2.39. The molecule has 0 bridgehead atoms. The highest BCUT2D eigenvalue weighted by molar-refractivity contribution is 5.94. The van der Waals surface area contributed by atoms with Gasteiger partial charge in [-0.1, -0.05) is 24.3 Å². The monoisotopic (exact) mass is 372 g/mol. The Hall–Kier alpha value is -3.14. The first-order valence-corrected chi connectivity index (χ1v) is 9.70. The average molecular weight is 372 g/mol. The highest BCUT2D eigenvalue weighted by Gasteiger charge is 2.26. The highest BCUT2D eigenvalue weighted by Crippen LogP contribution is 2.29. The molecule has 0 radical (unpaired) electrons. The van der Waals surface area contributed by atoms with Crippen LogP contribution >= 0.6 is 0 Å². The summed E-state index contributed by atoms with van der Waals surface area (Å²) in [5.41, 5.74) is 3.82. The predicted octanol–water partition coefficient (Wildman–Crippen LogP) is 4.78. The Balaban J connectivity index is 1.53. The molecule has 4 heteroatoms. The number of aromatic nitrogens is 1. The van der Waals surface area contributed by atoms with E-state index in [0.717, 1.165) is 47.7 Å². The molecule has 1 fully saturated rings. The fraction of sp³-hybridized carbons (Fsp3) is 0.250. The van der Waals surface area contributed by atoms with Crippen molar-refractivity contribution in [2.45, 2.75) is 18.8 Å². The number of rotatable bonds is 4. The third-order valence-electron chi connectivity index (χ3n) is 5.30. The van der Waals surface area contributed by atoms with Gasteiger partial charge in [-0.3, -0.25) is 9.78 Å². The van der Waals surface area contributed by atoms with Gasteiger partial charge in [-0.15, -0.1) is 0 Å². The first-order valence-electron chi connectivity index (χ1n) is 9.70. The number of ether oxygens (including phenoxy) is 1. The molecule has 0 unspecified atom stereocenters.